The lowest BCUT2D eigenvalue weighted by molar-refractivity contribution is -0.0823. The molecule has 3 aromatic carbocycles. The molecule has 0 amide bonds. The Morgan fingerprint density at radius 3 is 1.58 bits per heavy atom. The van der Waals surface area contributed by atoms with Crippen molar-refractivity contribution in [3.63, 3.8) is 0 Å². The molecule has 1 unspecified atom stereocenters. The fourth-order valence-corrected chi connectivity index (χ4v) is 5.14. The minimum Gasteiger partial charge on any atom is -0.376 e. The van der Waals surface area contributed by atoms with Crippen molar-refractivity contribution >= 4 is 11.8 Å². The molecule has 1 heterocycles. The maximum absolute atomic E-state index is 6.41. The van der Waals surface area contributed by atoms with Crippen LogP contribution in [0.5, 0.6) is 0 Å². The van der Waals surface area contributed by atoms with Crippen molar-refractivity contribution in [3.05, 3.63) is 115 Å². The molecule has 0 N–H and O–H groups in total. The van der Waals surface area contributed by atoms with Crippen LogP contribution in [0.1, 0.15) is 16.7 Å². The molecule has 1 aliphatic heterocycles. The number of hydrogen-bond acceptors (Lipinski definition) is 4. The molecule has 1 radical (unpaired) electrons. The van der Waals surface area contributed by atoms with Gasteiger partial charge in [-0.05, 0) is 23.6 Å². The zero-order valence-corrected chi connectivity index (χ0v) is 18.5. The highest BCUT2D eigenvalue weighted by atomic mass is 32.2. The number of thioether (sulfide) groups is 1. The Hall–Kier alpha value is -2.11. The van der Waals surface area contributed by atoms with E-state index in [0.717, 1.165) is 11.1 Å². The summed E-state index contributed by atoms with van der Waals surface area (Å²) in [5.74, 6) is 0. The lowest BCUT2D eigenvalue weighted by atomic mass is 10.1. The predicted octanol–water partition coefficient (Wildman–Crippen LogP) is 5.69. The van der Waals surface area contributed by atoms with Crippen LogP contribution in [0.25, 0.3) is 0 Å². The van der Waals surface area contributed by atoms with Gasteiger partial charge in [0.1, 0.15) is 0 Å². The standard InChI is InChI=1S/C27H29O3S/c1-21-26(29-18-23-13-7-3-8-14-23)27(30-19-24-15-9-4-10-16-24)25(31-21)20-28-17-22-11-5-2-6-12-22/h2-16,21,25-27H,1,17-20H2/t21?,25-,26-,27-/m1/s1. The summed E-state index contributed by atoms with van der Waals surface area (Å²) in [4.78, 5) is 0. The molecule has 0 spiro atoms. The van der Waals surface area contributed by atoms with Crippen LogP contribution in [-0.2, 0) is 34.0 Å². The highest BCUT2D eigenvalue weighted by Gasteiger charge is 2.43. The molecule has 1 saturated heterocycles. The number of ether oxygens (including phenoxy) is 3. The van der Waals surface area contributed by atoms with Crippen molar-refractivity contribution in [3.8, 4) is 0 Å². The summed E-state index contributed by atoms with van der Waals surface area (Å²) in [6.45, 7) is 6.67. The van der Waals surface area contributed by atoms with Gasteiger partial charge in [-0.2, -0.15) is 0 Å². The summed E-state index contributed by atoms with van der Waals surface area (Å²) >= 11 is 1.80. The highest BCUT2D eigenvalue weighted by Crippen LogP contribution is 2.38. The van der Waals surface area contributed by atoms with E-state index in [-0.39, 0.29) is 22.7 Å². The fraction of sp³-hybridized carbons (Fsp3) is 0.296. The molecule has 4 heteroatoms. The lowest BCUT2D eigenvalue weighted by Gasteiger charge is -2.26. The normalized spacial score (nSPS) is 23.1. The molecule has 161 valence electrons. The van der Waals surface area contributed by atoms with Crippen molar-refractivity contribution in [1.29, 1.82) is 0 Å². The van der Waals surface area contributed by atoms with Gasteiger partial charge in [0.15, 0.2) is 0 Å². The second-order valence-corrected chi connectivity index (χ2v) is 9.22. The van der Waals surface area contributed by atoms with E-state index in [4.69, 9.17) is 14.2 Å². The van der Waals surface area contributed by atoms with Crippen molar-refractivity contribution in [2.45, 2.75) is 42.5 Å². The number of benzene rings is 3. The van der Waals surface area contributed by atoms with E-state index in [1.54, 1.807) is 11.8 Å². The van der Waals surface area contributed by atoms with Gasteiger partial charge in [0.05, 0.1) is 43.9 Å². The van der Waals surface area contributed by atoms with E-state index in [0.29, 0.717) is 26.4 Å². The first kappa shape index (κ1) is 22.1. The van der Waals surface area contributed by atoms with Gasteiger partial charge in [-0.15, -0.1) is 11.8 Å². The largest absolute Gasteiger partial charge is 0.376 e. The Morgan fingerprint density at radius 2 is 1.06 bits per heavy atom. The van der Waals surface area contributed by atoms with E-state index >= 15 is 0 Å². The van der Waals surface area contributed by atoms with Crippen LogP contribution >= 0.6 is 11.8 Å². The van der Waals surface area contributed by atoms with Crippen molar-refractivity contribution in [2.75, 3.05) is 6.61 Å². The number of rotatable bonds is 10. The van der Waals surface area contributed by atoms with Gasteiger partial charge in [0.25, 0.3) is 0 Å². The Morgan fingerprint density at radius 1 is 0.613 bits per heavy atom. The summed E-state index contributed by atoms with van der Waals surface area (Å²) in [5.41, 5.74) is 3.49. The Bertz CT molecular complexity index is 888. The van der Waals surface area contributed by atoms with Crippen LogP contribution in [0.2, 0.25) is 0 Å². The summed E-state index contributed by atoms with van der Waals surface area (Å²) < 4.78 is 18.8. The minimum atomic E-state index is -0.0840. The van der Waals surface area contributed by atoms with Crippen LogP contribution in [0.15, 0.2) is 91.0 Å². The van der Waals surface area contributed by atoms with Gasteiger partial charge in [0, 0.05) is 5.25 Å². The summed E-state index contributed by atoms with van der Waals surface area (Å²) in [5, 5.41) is 0.269. The predicted molar refractivity (Wildman–Crippen MR) is 127 cm³/mol. The summed E-state index contributed by atoms with van der Waals surface area (Å²) in [6.07, 6.45) is -0.161. The SMILES string of the molecule is [CH2]C1S[C@H](COCc2ccccc2)[C@@H](OCc2ccccc2)[C@@H]1OCc1ccccc1. The monoisotopic (exact) mass is 433 g/mol. The third-order valence-corrected chi connectivity index (χ3v) is 6.74. The molecule has 0 saturated carbocycles. The van der Waals surface area contributed by atoms with Gasteiger partial charge in [0.2, 0.25) is 0 Å². The average molecular weight is 434 g/mol. The zero-order chi connectivity index (χ0) is 21.3. The topological polar surface area (TPSA) is 27.7 Å². The Kier molecular flexibility index (Phi) is 8.19. The lowest BCUT2D eigenvalue weighted by Crippen LogP contribution is -2.38. The first-order valence-corrected chi connectivity index (χ1v) is 11.6. The molecule has 1 fully saturated rings. The molecule has 0 aliphatic carbocycles. The zero-order valence-electron chi connectivity index (χ0n) is 17.6. The molecule has 31 heavy (non-hydrogen) atoms. The summed E-state index contributed by atoms with van der Waals surface area (Å²) in [6, 6.07) is 30.8. The summed E-state index contributed by atoms with van der Waals surface area (Å²) in [7, 11) is 0. The van der Waals surface area contributed by atoms with Gasteiger partial charge < -0.3 is 14.2 Å². The second-order valence-electron chi connectivity index (χ2n) is 7.74. The molecular formula is C27H29O3S. The molecular weight excluding hydrogens is 404 g/mol. The Balaban J connectivity index is 1.39. The maximum Gasteiger partial charge on any atom is 0.0992 e. The van der Waals surface area contributed by atoms with E-state index in [2.05, 4.69) is 43.3 Å². The molecule has 4 rings (SSSR count). The quantitative estimate of drug-likeness (QED) is 0.410. The van der Waals surface area contributed by atoms with E-state index in [1.807, 2.05) is 54.6 Å². The smallest absolute Gasteiger partial charge is 0.0992 e. The maximum atomic E-state index is 6.41. The van der Waals surface area contributed by atoms with Gasteiger partial charge in [-0.25, -0.2) is 0 Å². The third kappa shape index (κ3) is 6.44. The molecule has 0 bridgehead atoms. The van der Waals surface area contributed by atoms with Crippen LogP contribution in [0.4, 0.5) is 0 Å². The first-order chi connectivity index (χ1) is 15.3. The van der Waals surface area contributed by atoms with Crippen molar-refractivity contribution in [1.82, 2.24) is 0 Å². The van der Waals surface area contributed by atoms with Crippen LogP contribution in [-0.4, -0.2) is 29.3 Å². The molecule has 0 aromatic heterocycles. The van der Waals surface area contributed by atoms with Gasteiger partial charge in [-0.1, -0.05) is 91.0 Å². The fourth-order valence-electron chi connectivity index (χ4n) is 3.74. The van der Waals surface area contributed by atoms with Gasteiger partial charge in [-0.3, -0.25) is 0 Å². The van der Waals surface area contributed by atoms with Crippen molar-refractivity contribution < 1.29 is 14.2 Å². The first-order valence-electron chi connectivity index (χ1n) is 10.7. The molecule has 4 atom stereocenters. The van der Waals surface area contributed by atoms with Crippen LogP contribution in [0.3, 0.4) is 0 Å². The van der Waals surface area contributed by atoms with E-state index in [1.165, 1.54) is 5.56 Å². The molecule has 3 nitrogen and oxygen atoms in total. The van der Waals surface area contributed by atoms with E-state index < -0.39 is 0 Å². The third-order valence-electron chi connectivity index (χ3n) is 5.37. The second kappa shape index (κ2) is 11.5. The highest BCUT2D eigenvalue weighted by molar-refractivity contribution is 8.01. The van der Waals surface area contributed by atoms with Crippen LogP contribution < -0.4 is 0 Å². The van der Waals surface area contributed by atoms with Gasteiger partial charge >= 0.3 is 0 Å². The van der Waals surface area contributed by atoms with E-state index in [9.17, 15) is 0 Å². The average Bonchev–Trinajstić information content (AvgIpc) is 3.12. The number of hydrogen-bond donors (Lipinski definition) is 0. The molecule has 1 aliphatic rings. The van der Waals surface area contributed by atoms with Crippen LogP contribution in [0, 0.1) is 6.92 Å². The molecule has 3 aromatic rings. The Labute approximate surface area is 189 Å². The van der Waals surface area contributed by atoms with Crippen molar-refractivity contribution in [2.24, 2.45) is 0 Å². The minimum absolute atomic E-state index is 0.0767.